The lowest BCUT2D eigenvalue weighted by atomic mass is 9.95. The number of nitrogens with zero attached hydrogens (tertiary/aromatic N) is 1. The fraction of sp³-hybridized carbons (Fsp3) is 0.294. The van der Waals surface area contributed by atoms with Crippen LogP contribution in [-0.4, -0.2) is 6.04 Å². The van der Waals surface area contributed by atoms with Gasteiger partial charge in [-0.05, 0) is 49.9 Å². The Morgan fingerprint density at radius 3 is 2.63 bits per heavy atom. The molecule has 19 heavy (non-hydrogen) atoms. The third-order valence-electron chi connectivity index (χ3n) is 4.08. The lowest BCUT2D eigenvalue weighted by molar-refractivity contribution is 0.618. The number of nitrogen functional groups attached to an aromatic ring is 1. The lowest BCUT2D eigenvalue weighted by Gasteiger charge is -2.38. The number of nitrogens with two attached hydrogens (primary N) is 1. The Kier molecular flexibility index (Phi) is 2.94. The van der Waals surface area contributed by atoms with E-state index >= 15 is 0 Å². The van der Waals surface area contributed by atoms with E-state index in [0.717, 1.165) is 23.4 Å². The summed E-state index contributed by atoms with van der Waals surface area (Å²) < 4.78 is 0. The minimum atomic E-state index is 0.485. The number of hydrogen-bond acceptors (Lipinski definition) is 2. The molecule has 2 heteroatoms. The second kappa shape index (κ2) is 4.61. The predicted octanol–water partition coefficient (Wildman–Crippen LogP) is 4.05. The molecule has 0 aromatic heterocycles. The number of aryl methyl sites for hydroxylation is 2. The Balaban J connectivity index is 2.16. The van der Waals surface area contributed by atoms with Gasteiger partial charge < -0.3 is 10.6 Å². The Bertz CT molecular complexity index is 604. The van der Waals surface area contributed by atoms with E-state index in [0.29, 0.717) is 6.04 Å². The maximum atomic E-state index is 6.29. The summed E-state index contributed by atoms with van der Waals surface area (Å²) in [5, 5.41) is 0. The van der Waals surface area contributed by atoms with Crippen LogP contribution in [0.5, 0.6) is 0 Å². The molecule has 0 aliphatic carbocycles. The fourth-order valence-electron chi connectivity index (χ4n) is 2.93. The van der Waals surface area contributed by atoms with Crippen molar-refractivity contribution >= 4 is 17.1 Å². The van der Waals surface area contributed by atoms with Crippen molar-refractivity contribution in [3.05, 3.63) is 53.6 Å². The Labute approximate surface area is 114 Å². The quantitative estimate of drug-likeness (QED) is 0.776. The van der Waals surface area contributed by atoms with E-state index < -0.39 is 0 Å². The average molecular weight is 252 g/mol. The monoisotopic (exact) mass is 252 g/mol. The van der Waals surface area contributed by atoms with E-state index in [4.69, 9.17) is 5.73 Å². The number of fused-ring (bicyclic) bond motifs is 1. The maximum Gasteiger partial charge on any atom is 0.0649 e. The number of para-hydroxylation sites is 2. The minimum Gasteiger partial charge on any atom is -0.397 e. The van der Waals surface area contributed by atoms with Crippen LogP contribution in [0, 0.1) is 6.92 Å². The van der Waals surface area contributed by atoms with Gasteiger partial charge in [0.1, 0.15) is 0 Å². The summed E-state index contributed by atoms with van der Waals surface area (Å²) in [5.41, 5.74) is 12.2. The highest BCUT2D eigenvalue weighted by Gasteiger charge is 2.25. The average Bonchev–Trinajstić information content (AvgIpc) is 2.43. The first-order valence-electron chi connectivity index (χ1n) is 6.90. The molecule has 98 valence electrons. The van der Waals surface area contributed by atoms with Crippen molar-refractivity contribution in [2.24, 2.45) is 0 Å². The van der Waals surface area contributed by atoms with Gasteiger partial charge >= 0.3 is 0 Å². The van der Waals surface area contributed by atoms with Crippen molar-refractivity contribution in [1.29, 1.82) is 0 Å². The largest absolute Gasteiger partial charge is 0.397 e. The van der Waals surface area contributed by atoms with Gasteiger partial charge in [0.15, 0.2) is 0 Å². The van der Waals surface area contributed by atoms with Gasteiger partial charge in [0, 0.05) is 11.7 Å². The maximum absolute atomic E-state index is 6.29. The van der Waals surface area contributed by atoms with Crippen molar-refractivity contribution in [2.75, 3.05) is 10.6 Å². The van der Waals surface area contributed by atoms with E-state index in [1.165, 1.54) is 17.7 Å². The summed E-state index contributed by atoms with van der Waals surface area (Å²) in [5.74, 6) is 0. The summed E-state index contributed by atoms with van der Waals surface area (Å²) in [6.07, 6.45) is 2.32. The van der Waals surface area contributed by atoms with Gasteiger partial charge in [-0.2, -0.15) is 0 Å². The predicted molar refractivity (Wildman–Crippen MR) is 82.0 cm³/mol. The van der Waals surface area contributed by atoms with Crippen LogP contribution in [0.15, 0.2) is 42.5 Å². The molecule has 0 saturated heterocycles. The summed E-state index contributed by atoms with van der Waals surface area (Å²) in [6.45, 7) is 4.34. The molecule has 0 fully saturated rings. The van der Waals surface area contributed by atoms with Crippen LogP contribution < -0.4 is 10.6 Å². The fourth-order valence-corrected chi connectivity index (χ4v) is 2.93. The molecule has 1 heterocycles. The molecular weight excluding hydrogens is 232 g/mol. The molecule has 2 nitrogen and oxygen atoms in total. The van der Waals surface area contributed by atoms with Crippen LogP contribution in [-0.2, 0) is 6.42 Å². The van der Waals surface area contributed by atoms with Gasteiger partial charge in [0.25, 0.3) is 0 Å². The van der Waals surface area contributed by atoms with Gasteiger partial charge in [0.2, 0.25) is 0 Å². The van der Waals surface area contributed by atoms with Crippen molar-refractivity contribution in [1.82, 2.24) is 0 Å². The van der Waals surface area contributed by atoms with Crippen LogP contribution in [0.4, 0.5) is 17.1 Å². The van der Waals surface area contributed by atoms with E-state index in [1.54, 1.807) is 0 Å². The van der Waals surface area contributed by atoms with Gasteiger partial charge in [-0.25, -0.2) is 0 Å². The number of benzene rings is 2. The Hall–Kier alpha value is -1.96. The van der Waals surface area contributed by atoms with E-state index in [2.05, 4.69) is 61.2 Å². The smallest absolute Gasteiger partial charge is 0.0649 e. The normalized spacial score (nSPS) is 18.2. The first-order valence-corrected chi connectivity index (χ1v) is 6.90. The van der Waals surface area contributed by atoms with Crippen LogP contribution in [0.3, 0.4) is 0 Å². The van der Waals surface area contributed by atoms with Crippen LogP contribution >= 0.6 is 0 Å². The van der Waals surface area contributed by atoms with Gasteiger partial charge in [0.05, 0.1) is 11.4 Å². The molecule has 0 radical (unpaired) electrons. The molecule has 0 saturated carbocycles. The van der Waals surface area contributed by atoms with Crippen molar-refractivity contribution in [3.63, 3.8) is 0 Å². The molecule has 2 aromatic rings. The number of hydrogen-bond donors (Lipinski definition) is 1. The molecule has 0 spiro atoms. The summed E-state index contributed by atoms with van der Waals surface area (Å²) in [7, 11) is 0. The highest BCUT2D eigenvalue weighted by molar-refractivity contribution is 5.79. The Morgan fingerprint density at radius 2 is 1.79 bits per heavy atom. The highest BCUT2D eigenvalue weighted by atomic mass is 15.2. The zero-order valence-corrected chi connectivity index (χ0v) is 11.6. The molecule has 0 bridgehead atoms. The summed E-state index contributed by atoms with van der Waals surface area (Å²) in [4.78, 5) is 2.39. The first kappa shape index (κ1) is 12.1. The lowest BCUT2D eigenvalue weighted by Crippen LogP contribution is -2.33. The molecular formula is C17H20N2. The summed E-state index contributed by atoms with van der Waals surface area (Å²) >= 11 is 0. The van der Waals surface area contributed by atoms with E-state index in [1.807, 2.05) is 0 Å². The Morgan fingerprint density at radius 1 is 1.05 bits per heavy atom. The van der Waals surface area contributed by atoms with Gasteiger partial charge in [-0.3, -0.25) is 0 Å². The standard InChI is InChI=1S/C17H20N2/c1-12-6-5-9-16(17(12)18)19-13(2)10-11-14-7-3-4-8-15(14)19/h3-9,13H,10-11,18H2,1-2H3. The van der Waals surface area contributed by atoms with Gasteiger partial charge in [-0.15, -0.1) is 0 Å². The molecule has 1 aliphatic heterocycles. The SMILES string of the molecule is Cc1cccc(N2c3ccccc3CCC2C)c1N. The topological polar surface area (TPSA) is 29.3 Å². The minimum absolute atomic E-state index is 0.485. The second-order valence-corrected chi connectivity index (χ2v) is 5.39. The molecule has 1 aliphatic rings. The number of rotatable bonds is 1. The second-order valence-electron chi connectivity index (χ2n) is 5.39. The molecule has 0 amide bonds. The van der Waals surface area contributed by atoms with E-state index in [9.17, 15) is 0 Å². The summed E-state index contributed by atoms with van der Waals surface area (Å²) in [6, 6.07) is 15.4. The molecule has 1 unspecified atom stereocenters. The van der Waals surface area contributed by atoms with Crippen molar-refractivity contribution in [2.45, 2.75) is 32.7 Å². The molecule has 2 N–H and O–H groups in total. The zero-order chi connectivity index (χ0) is 13.4. The van der Waals surface area contributed by atoms with Crippen molar-refractivity contribution < 1.29 is 0 Å². The molecule has 1 atom stereocenters. The molecule has 2 aromatic carbocycles. The first-order chi connectivity index (χ1) is 9.18. The van der Waals surface area contributed by atoms with Crippen LogP contribution in [0.1, 0.15) is 24.5 Å². The number of anilines is 3. The van der Waals surface area contributed by atoms with Crippen molar-refractivity contribution in [3.8, 4) is 0 Å². The zero-order valence-electron chi connectivity index (χ0n) is 11.6. The van der Waals surface area contributed by atoms with Crippen LogP contribution in [0.2, 0.25) is 0 Å². The molecule has 3 rings (SSSR count). The third-order valence-corrected chi connectivity index (χ3v) is 4.08. The van der Waals surface area contributed by atoms with E-state index in [-0.39, 0.29) is 0 Å². The van der Waals surface area contributed by atoms with Crippen LogP contribution in [0.25, 0.3) is 0 Å². The third kappa shape index (κ3) is 1.97. The van der Waals surface area contributed by atoms with Gasteiger partial charge in [-0.1, -0.05) is 30.3 Å². The highest BCUT2D eigenvalue weighted by Crippen LogP contribution is 2.39.